The Hall–Kier alpha value is -1.36. The molecule has 0 aromatic carbocycles. The van der Waals surface area contributed by atoms with Crippen LogP contribution < -0.4 is 4.90 Å². The van der Waals surface area contributed by atoms with Gasteiger partial charge in [0.2, 0.25) is 0 Å². The van der Waals surface area contributed by atoms with Crippen molar-refractivity contribution in [2.75, 3.05) is 18.0 Å². The second kappa shape index (κ2) is 4.09. The number of carbonyl (C=O) groups is 1. The average Bonchev–Trinajstić information content (AvgIpc) is 2.53. The summed E-state index contributed by atoms with van der Waals surface area (Å²) in [5.41, 5.74) is 2.00. The van der Waals surface area contributed by atoms with E-state index in [0.717, 1.165) is 36.0 Å². The van der Waals surface area contributed by atoms with Crippen LogP contribution in [0.3, 0.4) is 0 Å². The number of hydrogen-bond donors (Lipinski definition) is 0. The maximum absolute atomic E-state index is 11.4. The van der Waals surface area contributed by atoms with Gasteiger partial charge in [-0.1, -0.05) is 0 Å². The second-order valence-electron chi connectivity index (χ2n) is 4.85. The highest BCUT2D eigenvalue weighted by Gasteiger charge is 2.36. The Morgan fingerprint density at radius 3 is 2.67 bits per heavy atom. The third kappa shape index (κ3) is 1.65. The Labute approximate surface area is 111 Å². The van der Waals surface area contributed by atoms with Gasteiger partial charge in [0.15, 0.2) is 0 Å². The monoisotopic (exact) mass is 266 g/mol. The normalized spacial score (nSPS) is 21.8. The Morgan fingerprint density at radius 1 is 1.39 bits per heavy atom. The van der Waals surface area contributed by atoms with Gasteiger partial charge < -0.3 is 9.80 Å². The number of rotatable bonds is 1. The van der Waals surface area contributed by atoms with Gasteiger partial charge in [-0.25, -0.2) is 9.97 Å². The zero-order chi connectivity index (χ0) is 12.9. The Bertz CT molecular complexity index is 515. The van der Waals surface area contributed by atoms with E-state index in [1.807, 2.05) is 13.8 Å². The highest BCUT2D eigenvalue weighted by atomic mass is 35.5. The molecule has 1 aromatic rings. The van der Waals surface area contributed by atoms with E-state index in [1.165, 1.54) is 6.42 Å². The van der Waals surface area contributed by atoms with Crippen LogP contribution in [0.5, 0.6) is 0 Å². The van der Waals surface area contributed by atoms with E-state index in [-0.39, 0.29) is 6.04 Å². The SMILES string of the molecule is Cc1nc2c(c(N3CCC3)n1)C(C)N(C(=O)Cl)C2. The van der Waals surface area contributed by atoms with Gasteiger partial charge in [0, 0.05) is 18.7 Å². The summed E-state index contributed by atoms with van der Waals surface area (Å²) >= 11 is 5.61. The summed E-state index contributed by atoms with van der Waals surface area (Å²) in [5, 5.41) is -0.423. The van der Waals surface area contributed by atoms with Gasteiger partial charge >= 0.3 is 5.37 Å². The number of aromatic nitrogens is 2. The molecule has 18 heavy (non-hydrogen) atoms. The number of amides is 1. The molecule has 0 spiro atoms. The lowest BCUT2D eigenvalue weighted by Crippen LogP contribution is -2.39. The van der Waals surface area contributed by atoms with E-state index >= 15 is 0 Å². The molecule has 0 saturated carbocycles. The summed E-state index contributed by atoms with van der Waals surface area (Å²) in [6.45, 7) is 6.42. The first-order valence-electron chi connectivity index (χ1n) is 6.16. The summed E-state index contributed by atoms with van der Waals surface area (Å²) in [6, 6.07) is -0.0406. The van der Waals surface area contributed by atoms with Crippen molar-refractivity contribution in [3.05, 3.63) is 17.1 Å². The van der Waals surface area contributed by atoms with Gasteiger partial charge in [0.05, 0.1) is 18.3 Å². The minimum atomic E-state index is -0.423. The van der Waals surface area contributed by atoms with Crippen LogP contribution in [0.15, 0.2) is 0 Å². The maximum atomic E-state index is 11.4. The van der Waals surface area contributed by atoms with Gasteiger partial charge in [-0.2, -0.15) is 0 Å². The minimum Gasteiger partial charge on any atom is -0.356 e. The van der Waals surface area contributed by atoms with Crippen molar-refractivity contribution >= 4 is 22.8 Å². The highest BCUT2D eigenvalue weighted by Crippen LogP contribution is 2.39. The molecule has 96 valence electrons. The first-order valence-corrected chi connectivity index (χ1v) is 6.54. The first-order chi connectivity index (χ1) is 8.58. The summed E-state index contributed by atoms with van der Waals surface area (Å²) in [6.07, 6.45) is 1.20. The fourth-order valence-corrected chi connectivity index (χ4v) is 2.82. The van der Waals surface area contributed by atoms with Gasteiger partial charge in [-0.15, -0.1) is 0 Å². The van der Waals surface area contributed by atoms with Gasteiger partial charge in [0.1, 0.15) is 11.6 Å². The number of nitrogens with zero attached hydrogens (tertiary/aromatic N) is 4. The zero-order valence-electron chi connectivity index (χ0n) is 10.5. The quantitative estimate of drug-likeness (QED) is 0.578. The largest absolute Gasteiger partial charge is 0.356 e. The fraction of sp³-hybridized carbons (Fsp3) is 0.583. The summed E-state index contributed by atoms with van der Waals surface area (Å²) in [4.78, 5) is 24.3. The molecule has 0 aliphatic carbocycles. The molecule has 6 heteroatoms. The molecule has 1 aromatic heterocycles. The Balaban J connectivity index is 2.06. The highest BCUT2D eigenvalue weighted by molar-refractivity contribution is 6.62. The third-order valence-corrected chi connectivity index (χ3v) is 3.92. The molecular formula is C12H15ClN4O. The van der Waals surface area contributed by atoms with Crippen LogP contribution >= 0.6 is 11.6 Å². The first kappa shape index (κ1) is 11.7. The predicted octanol–water partition coefficient (Wildman–Crippen LogP) is 2.23. The van der Waals surface area contributed by atoms with Crippen molar-refractivity contribution in [3.8, 4) is 0 Å². The van der Waals surface area contributed by atoms with Crippen LogP contribution in [-0.2, 0) is 6.54 Å². The van der Waals surface area contributed by atoms with E-state index in [4.69, 9.17) is 11.6 Å². The lowest BCUT2D eigenvalue weighted by Gasteiger charge is -2.34. The van der Waals surface area contributed by atoms with Crippen molar-refractivity contribution in [2.45, 2.75) is 32.9 Å². The van der Waals surface area contributed by atoms with E-state index in [2.05, 4.69) is 14.9 Å². The molecule has 0 N–H and O–H groups in total. The smallest absolute Gasteiger partial charge is 0.317 e. The van der Waals surface area contributed by atoms with Crippen molar-refractivity contribution in [1.82, 2.24) is 14.9 Å². The number of halogens is 1. The molecular weight excluding hydrogens is 252 g/mol. The van der Waals surface area contributed by atoms with Gasteiger partial charge in [0.25, 0.3) is 0 Å². The third-order valence-electron chi connectivity index (χ3n) is 3.70. The van der Waals surface area contributed by atoms with Crippen LogP contribution in [0, 0.1) is 6.92 Å². The van der Waals surface area contributed by atoms with Crippen molar-refractivity contribution < 1.29 is 4.79 Å². The lowest BCUT2D eigenvalue weighted by molar-refractivity contribution is 0.209. The van der Waals surface area contributed by atoms with Crippen LogP contribution in [0.4, 0.5) is 10.6 Å². The lowest BCUT2D eigenvalue weighted by atomic mass is 10.1. The van der Waals surface area contributed by atoms with Gasteiger partial charge in [-0.3, -0.25) is 4.79 Å². The molecule has 1 amide bonds. The molecule has 3 heterocycles. The van der Waals surface area contributed by atoms with E-state index in [9.17, 15) is 4.79 Å². The summed E-state index contributed by atoms with van der Waals surface area (Å²) < 4.78 is 0. The van der Waals surface area contributed by atoms with Crippen LogP contribution in [0.2, 0.25) is 0 Å². The van der Waals surface area contributed by atoms with Gasteiger partial charge in [-0.05, 0) is 31.9 Å². The van der Waals surface area contributed by atoms with Crippen molar-refractivity contribution in [1.29, 1.82) is 0 Å². The molecule has 2 aliphatic rings. The predicted molar refractivity (Wildman–Crippen MR) is 68.8 cm³/mol. The number of carbonyl (C=O) groups excluding carboxylic acids is 1. The molecule has 0 radical (unpaired) electrons. The Morgan fingerprint density at radius 2 is 2.11 bits per heavy atom. The summed E-state index contributed by atoms with van der Waals surface area (Å²) in [7, 11) is 0. The number of hydrogen-bond acceptors (Lipinski definition) is 4. The van der Waals surface area contributed by atoms with E-state index < -0.39 is 5.37 Å². The molecule has 0 bridgehead atoms. The molecule has 1 atom stereocenters. The molecule has 2 aliphatic heterocycles. The fourth-order valence-electron chi connectivity index (χ4n) is 2.61. The van der Waals surface area contributed by atoms with Crippen LogP contribution in [0.1, 0.15) is 36.5 Å². The minimum absolute atomic E-state index is 0.0406. The number of fused-ring (bicyclic) bond motifs is 1. The molecule has 5 nitrogen and oxygen atoms in total. The van der Waals surface area contributed by atoms with Crippen LogP contribution in [0.25, 0.3) is 0 Å². The van der Waals surface area contributed by atoms with Crippen molar-refractivity contribution in [2.24, 2.45) is 0 Å². The second-order valence-corrected chi connectivity index (χ2v) is 5.18. The zero-order valence-corrected chi connectivity index (χ0v) is 11.2. The average molecular weight is 267 g/mol. The van der Waals surface area contributed by atoms with Crippen LogP contribution in [-0.4, -0.2) is 33.3 Å². The van der Waals surface area contributed by atoms with Crippen molar-refractivity contribution in [3.63, 3.8) is 0 Å². The molecule has 3 rings (SSSR count). The molecule has 1 unspecified atom stereocenters. The molecule has 1 saturated heterocycles. The van der Waals surface area contributed by atoms with E-state index in [0.29, 0.717) is 6.54 Å². The maximum Gasteiger partial charge on any atom is 0.317 e. The number of aryl methyl sites for hydroxylation is 1. The standard InChI is InChI=1S/C12H15ClN4O/c1-7-10-9(6-17(7)12(13)18)14-8(2)15-11(10)16-4-3-5-16/h7H,3-6H2,1-2H3. The van der Waals surface area contributed by atoms with E-state index in [1.54, 1.807) is 4.90 Å². The summed E-state index contributed by atoms with van der Waals surface area (Å²) in [5.74, 6) is 1.74. The topological polar surface area (TPSA) is 49.3 Å². The Kier molecular flexibility index (Phi) is 2.66. The molecule has 1 fully saturated rings. The number of anilines is 1.